The van der Waals surface area contributed by atoms with Gasteiger partial charge in [0.15, 0.2) is 0 Å². The number of anilines is 1. The van der Waals surface area contributed by atoms with E-state index >= 15 is 0 Å². The summed E-state index contributed by atoms with van der Waals surface area (Å²) in [6, 6.07) is 25.4. The summed E-state index contributed by atoms with van der Waals surface area (Å²) in [6.45, 7) is 6.35. The van der Waals surface area contributed by atoms with Crippen molar-refractivity contribution in [2.75, 3.05) is 30.9 Å². The SMILES string of the molecule is Cc1cccc(C)c1-c1cc2nc(n1)NS(=O)(=O)c1cccc(c1)C(=O)N1CCN(Cc3sccc3Oc3ccccc3)CC(C1)O2. The molecule has 0 aliphatic carbocycles. The number of carbonyl (C=O) groups excluding carboxylic acids is 1. The van der Waals surface area contributed by atoms with Gasteiger partial charge in [-0.1, -0.05) is 42.5 Å². The van der Waals surface area contributed by atoms with Crippen molar-refractivity contribution in [3.05, 3.63) is 112 Å². The second-order valence-electron chi connectivity index (χ2n) is 11.7. The molecule has 1 saturated heterocycles. The number of hydrogen-bond acceptors (Lipinski definition) is 9. The van der Waals surface area contributed by atoms with Crippen LogP contribution >= 0.6 is 11.3 Å². The van der Waals surface area contributed by atoms with E-state index in [2.05, 4.69) is 19.6 Å². The molecule has 2 aliphatic rings. The van der Waals surface area contributed by atoms with Crippen molar-refractivity contribution >= 4 is 33.2 Å². The van der Waals surface area contributed by atoms with E-state index in [0.717, 1.165) is 33.1 Å². The summed E-state index contributed by atoms with van der Waals surface area (Å²) in [5, 5.41) is 2.01. The lowest BCUT2D eigenvalue weighted by Gasteiger charge is -2.25. The molecule has 1 atom stereocenters. The molecule has 10 nitrogen and oxygen atoms in total. The topological polar surface area (TPSA) is 114 Å². The number of nitrogens with zero attached hydrogens (tertiary/aromatic N) is 4. The molecule has 0 saturated carbocycles. The molecule has 0 radical (unpaired) electrons. The van der Waals surface area contributed by atoms with E-state index in [-0.39, 0.29) is 34.7 Å². The number of amides is 1. The number of thiophene rings is 1. The summed E-state index contributed by atoms with van der Waals surface area (Å²) < 4.78 is 42.3. The predicted molar refractivity (Wildman–Crippen MR) is 181 cm³/mol. The second-order valence-corrected chi connectivity index (χ2v) is 14.3. The van der Waals surface area contributed by atoms with Crippen molar-refractivity contribution in [2.45, 2.75) is 31.4 Å². The van der Waals surface area contributed by atoms with E-state index < -0.39 is 16.1 Å². The highest BCUT2D eigenvalue weighted by Crippen LogP contribution is 2.33. The van der Waals surface area contributed by atoms with E-state index in [0.29, 0.717) is 31.9 Å². The number of sulfonamides is 1. The van der Waals surface area contributed by atoms with Crippen molar-refractivity contribution in [3.63, 3.8) is 0 Å². The molecule has 47 heavy (non-hydrogen) atoms. The first-order chi connectivity index (χ1) is 22.7. The Kier molecular flexibility index (Phi) is 8.39. The number of fused-ring (bicyclic) bond motifs is 6. The van der Waals surface area contributed by atoms with Gasteiger partial charge in [-0.05, 0) is 66.8 Å². The number of aryl methyl sites for hydroxylation is 2. The van der Waals surface area contributed by atoms with Crippen LogP contribution < -0.4 is 14.2 Å². The van der Waals surface area contributed by atoms with Crippen LogP contribution in [-0.2, 0) is 16.6 Å². The van der Waals surface area contributed by atoms with Gasteiger partial charge in [0, 0.05) is 43.4 Å². The highest BCUT2D eigenvalue weighted by atomic mass is 32.2. The van der Waals surface area contributed by atoms with Gasteiger partial charge in [-0.15, -0.1) is 11.3 Å². The van der Waals surface area contributed by atoms with Crippen molar-refractivity contribution in [1.82, 2.24) is 19.8 Å². The lowest BCUT2D eigenvalue weighted by molar-refractivity contribution is 0.0690. The minimum absolute atomic E-state index is 0.0530. The summed E-state index contributed by atoms with van der Waals surface area (Å²) in [6.07, 6.45) is -0.478. The van der Waals surface area contributed by atoms with Gasteiger partial charge in [0.1, 0.15) is 17.6 Å². The van der Waals surface area contributed by atoms with Crippen molar-refractivity contribution in [1.29, 1.82) is 0 Å². The first-order valence-corrected chi connectivity index (χ1v) is 17.6. The third kappa shape index (κ3) is 6.71. The summed E-state index contributed by atoms with van der Waals surface area (Å²) in [5.41, 5.74) is 3.65. The van der Waals surface area contributed by atoms with Gasteiger partial charge in [-0.3, -0.25) is 9.69 Å². The minimum Gasteiger partial charge on any atom is -0.471 e. The van der Waals surface area contributed by atoms with Crippen LogP contribution in [0.2, 0.25) is 0 Å². The molecule has 1 unspecified atom stereocenters. The Bertz CT molecular complexity index is 2030. The zero-order valence-corrected chi connectivity index (χ0v) is 27.6. The molecule has 0 spiro atoms. The van der Waals surface area contributed by atoms with Gasteiger partial charge in [0.05, 0.1) is 22.0 Å². The van der Waals surface area contributed by atoms with Gasteiger partial charge >= 0.3 is 0 Å². The van der Waals surface area contributed by atoms with Gasteiger partial charge in [-0.2, -0.15) is 4.98 Å². The maximum atomic E-state index is 13.9. The average Bonchev–Trinajstić information content (AvgIpc) is 3.37. The molecular formula is C35H33N5O5S2. The minimum atomic E-state index is -4.12. The Labute approximate surface area is 277 Å². The monoisotopic (exact) mass is 667 g/mol. The Morgan fingerprint density at radius 2 is 1.72 bits per heavy atom. The lowest BCUT2D eigenvalue weighted by atomic mass is 10.00. The highest BCUT2D eigenvalue weighted by Gasteiger charge is 2.31. The van der Waals surface area contributed by atoms with Gasteiger partial charge < -0.3 is 14.4 Å². The molecule has 1 amide bonds. The first-order valence-electron chi connectivity index (χ1n) is 15.3. The summed E-state index contributed by atoms with van der Waals surface area (Å²) in [5.74, 6) is 1.39. The number of rotatable bonds is 5. The van der Waals surface area contributed by atoms with Gasteiger partial charge in [-0.25, -0.2) is 18.1 Å². The molecule has 12 heteroatoms. The smallest absolute Gasteiger partial charge is 0.264 e. The molecule has 5 aromatic rings. The second kappa shape index (κ2) is 12.8. The van der Waals surface area contributed by atoms with Crippen LogP contribution in [0.3, 0.4) is 0 Å². The standard InChI is InChI=1S/C35H33N5O5S2/c1-23-8-6-9-24(2)33(23)29-19-32-37-35(36-29)38-47(42,43)28-13-7-10-25(18-28)34(41)40-16-15-39(20-27(21-40)45-32)22-31-30(14-17-46-31)44-26-11-4-3-5-12-26/h3-14,17-19,27H,15-16,20-22H2,1-2H3,(H,36,37,38). The molecular weight excluding hydrogens is 635 g/mol. The van der Waals surface area contributed by atoms with Gasteiger partial charge in [0.25, 0.3) is 15.9 Å². The fourth-order valence-electron chi connectivity index (χ4n) is 6.00. The number of nitrogens with one attached hydrogen (secondary N) is 1. The van der Waals surface area contributed by atoms with E-state index in [1.165, 1.54) is 12.1 Å². The van der Waals surface area contributed by atoms with E-state index in [1.54, 1.807) is 34.4 Å². The number of para-hydroxylation sites is 1. The number of hydrogen-bond donors (Lipinski definition) is 1. The summed E-state index contributed by atoms with van der Waals surface area (Å²) >= 11 is 1.62. The van der Waals surface area contributed by atoms with Crippen molar-refractivity contribution in [3.8, 4) is 28.6 Å². The number of ether oxygens (including phenoxy) is 2. The Hall–Kier alpha value is -4.78. The third-order valence-electron chi connectivity index (χ3n) is 8.25. The van der Waals surface area contributed by atoms with Crippen LogP contribution in [0, 0.1) is 13.8 Å². The molecule has 240 valence electrons. The van der Waals surface area contributed by atoms with E-state index in [9.17, 15) is 13.2 Å². The van der Waals surface area contributed by atoms with E-state index in [4.69, 9.17) is 9.47 Å². The van der Waals surface area contributed by atoms with Crippen LogP contribution in [0.1, 0.15) is 26.4 Å². The molecule has 2 aromatic heterocycles. The van der Waals surface area contributed by atoms with Crippen molar-refractivity contribution < 1.29 is 22.7 Å². The zero-order chi connectivity index (χ0) is 32.5. The normalized spacial score (nSPS) is 17.7. The molecule has 4 heterocycles. The number of aromatic nitrogens is 2. The van der Waals surface area contributed by atoms with Gasteiger partial charge in [0.2, 0.25) is 11.8 Å². The van der Waals surface area contributed by atoms with Crippen LogP contribution in [0.25, 0.3) is 11.3 Å². The maximum absolute atomic E-state index is 13.9. The Morgan fingerprint density at radius 3 is 2.53 bits per heavy atom. The van der Waals surface area contributed by atoms with E-state index in [1.807, 2.05) is 73.8 Å². The van der Waals surface area contributed by atoms with Crippen LogP contribution in [0.4, 0.5) is 5.95 Å². The number of benzene rings is 3. The zero-order valence-electron chi connectivity index (χ0n) is 25.9. The summed E-state index contributed by atoms with van der Waals surface area (Å²) in [7, 11) is -4.12. The molecule has 1 fully saturated rings. The predicted octanol–water partition coefficient (Wildman–Crippen LogP) is 6.13. The quantitative estimate of drug-likeness (QED) is 0.238. The van der Waals surface area contributed by atoms with Crippen LogP contribution in [0.5, 0.6) is 17.4 Å². The number of carbonyl (C=O) groups is 1. The molecule has 6 bridgehead atoms. The fraction of sp³-hybridized carbons (Fsp3) is 0.229. The average molecular weight is 668 g/mol. The van der Waals surface area contributed by atoms with Crippen molar-refractivity contribution in [2.24, 2.45) is 0 Å². The first kappa shape index (κ1) is 30.9. The molecule has 1 N–H and O–H groups in total. The Morgan fingerprint density at radius 1 is 0.936 bits per heavy atom. The molecule has 2 aliphatic heterocycles. The van der Waals surface area contributed by atoms with Crippen LogP contribution in [-0.4, -0.2) is 66.4 Å². The molecule has 3 aromatic carbocycles. The largest absolute Gasteiger partial charge is 0.471 e. The fourth-order valence-corrected chi connectivity index (χ4v) is 7.83. The highest BCUT2D eigenvalue weighted by molar-refractivity contribution is 7.92. The third-order valence-corrected chi connectivity index (χ3v) is 10.5. The summed E-state index contributed by atoms with van der Waals surface area (Å²) in [4.78, 5) is 28.0. The lowest BCUT2D eigenvalue weighted by Crippen LogP contribution is -2.40. The maximum Gasteiger partial charge on any atom is 0.264 e. The molecule has 7 rings (SSSR count). The Balaban J connectivity index is 1.27. The van der Waals surface area contributed by atoms with Crippen LogP contribution in [0.15, 0.2) is 95.2 Å².